The summed E-state index contributed by atoms with van der Waals surface area (Å²) in [6.07, 6.45) is 3.60. The van der Waals surface area contributed by atoms with Crippen LogP contribution in [-0.2, 0) is 11.3 Å². The normalized spacial score (nSPS) is 20.5. The van der Waals surface area contributed by atoms with Crippen LogP contribution in [0, 0.1) is 6.92 Å². The molecule has 36 heavy (non-hydrogen) atoms. The summed E-state index contributed by atoms with van der Waals surface area (Å²) >= 11 is 6.04. The van der Waals surface area contributed by atoms with Gasteiger partial charge in [-0.05, 0) is 75.7 Å². The lowest BCUT2D eigenvalue weighted by Gasteiger charge is -2.48. The fraction of sp³-hybridized carbons (Fsp3) is 0.500. The number of rotatable bonds is 7. The molecule has 2 fully saturated rings. The quantitative estimate of drug-likeness (QED) is 0.337. The van der Waals surface area contributed by atoms with E-state index in [-0.39, 0.29) is 5.88 Å². The molecule has 2 N–H and O–H groups in total. The predicted molar refractivity (Wildman–Crippen MR) is 149 cm³/mol. The van der Waals surface area contributed by atoms with Crippen LogP contribution in [0.3, 0.4) is 0 Å². The van der Waals surface area contributed by atoms with Gasteiger partial charge in [0.1, 0.15) is 5.69 Å². The third-order valence-electron chi connectivity index (χ3n) is 7.39. The Labute approximate surface area is 220 Å². The number of aliphatic imine (C=N–C) groups is 1. The molecular formula is C28H39ClN6O. The minimum Gasteiger partial charge on any atom is -0.422 e. The molecule has 1 atom stereocenters. The first kappa shape index (κ1) is 26.5. The molecule has 0 saturated carbocycles. The van der Waals surface area contributed by atoms with Crippen LogP contribution in [0.5, 0.6) is 0 Å². The van der Waals surface area contributed by atoms with Crippen molar-refractivity contribution >= 4 is 23.2 Å². The molecule has 194 valence electrons. The van der Waals surface area contributed by atoms with Crippen LogP contribution in [-0.4, -0.2) is 72.5 Å². The van der Waals surface area contributed by atoms with Crippen molar-refractivity contribution < 1.29 is 4.74 Å². The number of halogens is 1. The maximum atomic E-state index is 6.04. The number of pyridine rings is 1. The third kappa shape index (κ3) is 6.38. The Morgan fingerprint density at radius 2 is 1.86 bits per heavy atom. The monoisotopic (exact) mass is 510 g/mol. The van der Waals surface area contributed by atoms with Gasteiger partial charge < -0.3 is 15.4 Å². The van der Waals surface area contributed by atoms with E-state index in [0.29, 0.717) is 23.7 Å². The van der Waals surface area contributed by atoms with Crippen molar-refractivity contribution in [3.05, 3.63) is 70.8 Å². The van der Waals surface area contributed by atoms with Gasteiger partial charge in [0.05, 0.1) is 11.4 Å². The van der Waals surface area contributed by atoms with Gasteiger partial charge in [0.15, 0.2) is 5.88 Å². The molecular weight excluding hydrogens is 472 g/mol. The highest BCUT2D eigenvalue weighted by molar-refractivity contribution is 6.30. The van der Waals surface area contributed by atoms with E-state index in [4.69, 9.17) is 27.1 Å². The van der Waals surface area contributed by atoms with Gasteiger partial charge in [-0.25, -0.2) is 4.98 Å². The van der Waals surface area contributed by atoms with Crippen LogP contribution in [0.2, 0.25) is 5.02 Å². The van der Waals surface area contributed by atoms with Crippen LogP contribution in [0.1, 0.15) is 43.1 Å². The summed E-state index contributed by atoms with van der Waals surface area (Å²) in [6, 6.07) is 13.5. The molecule has 3 heterocycles. The number of piperazine rings is 1. The van der Waals surface area contributed by atoms with Crippen LogP contribution >= 0.6 is 11.6 Å². The van der Waals surface area contributed by atoms with E-state index >= 15 is 0 Å². The first-order valence-electron chi connectivity index (χ1n) is 12.9. The van der Waals surface area contributed by atoms with Crippen LogP contribution in [0.4, 0.5) is 5.69 Å². The van der Waals surface area contributed by atoms with E-state index in [1.165, 1.54) is 24.1 Å². The van der Waals surface area contributed by atoms with Crippen molar-refractivity contribution in [2.24, 2.45) is 10.7 Å². The zero-order valence-corrected chi connectivity index (χ0v) is 22.5. The highest BCUT2D eigenvalue weighted by atomic mass is 35.5. The molecule has 1 aromatic carbocycles. The topological polar surface area (TPSA) is 70.2 Å². The number of aromatic nitrogens is 1. The van der Waals surface area contributed by atoms with Crippen molar-refractivity contribution in [3.63, 3.8) is 0 Å². The lowest BCUT2D eigenvalue weighted by molar-refractivity contribution is 0.0612. The van der Waals surface area contributed by atoms with Gasteiger partial charge in [0.25, 0.3) is 0 Å². The Morgan fingerprint density at radius 3 is 2.47 bits per heavy atom. The van der Waals surface area contributed by atoms with E-state index in [9.17, 15) is 0 Å². The van der Waals surface area contributed by atoms with Gasteiger partial charge in [0, 0.05) is 50.3 Å². The molecule has 2 saturated heterocycles. The molecule has 2 aromatic rings. The molecule has 7 nitrogen and oxygen atoms in total. The number of likely N-dealkylation sites (tertiary alicyclic amines) is 1. The molecule has 2 aliphatic rings. The number of hydrogen-bond donors (Lipinski definition) is 1. The van der Waals surface area contributed by atoms with E-state index in [2.05, 4.69) is 51.4 Å². The Morgan fingerprint density at radius 1 is 1.14 bits per heavy atom. The molecule has 8 heteroatoms. The molecule has 1 aromatic heterocycles. The fourth-order valence-corrected chi connectivity index (χ4v) is 5.66. The van der Waals surface area contributed by atoms with Gasteiger partial charge >= 0.3 is 0 Å². The largest absolute Gasteiger partial charge is 0.422 e. The van der Waals surface area contributed by atoms with Crippen LogP contribution < -0.4 is 10.6 Å². The molecule has 0 unspecified atom stereocenters. The lowest BCUT2D eigenvalue weighted by Crippen LogP contribution is -2.58. The van der Waals surface area contributed by atoms with Crippen LogP contribution in [0.25, 0.3) is 0 Å². The SMILES string of the molecule is C=C(N)O/C(=N\C)c1ccc(N2CCN(C3CCN(Cc4ccc(Cl)cc4)CC3)[C@@H](CC)C2)c(C)n1. The number of nitrogens with zero attached hydrogens (tertiary/aromatic N) is 5. The average molecular weight is 511 g/mol. The summed E-state index contributed by atoms with van der Waals surface area (Å²) in [5, 5.41) is 0.801. The van der Waals surface area contributed by atoms with E-state index in [1.54, 1.807) is 7.05 Å². The second-order valence-electron chi connectivity index (χ2n) is 9.78. The number of benzene rings is 1. The summed E-state index contributed by atoms with van der Waals surface area (Å²) < 4.78 is 5.43. The fourth-order valence-electron chi connectivity index (χ4n) is 5.53. The summed E-state index contributed by atoms with van der Waals surface area (Å²) in [4.78, 5) is 16.8. The van der Waals surface area contributed by atoms with Crippen molar-refractivity contribution in [1.82, 2.24) is 14.8 Å². The first-order valence-corrected chi connectivity index (χ1v) is 13.3. The zero-order chi connectivity index (χ0) is 25.7. The number of ether oxygens (including phenoxy) is 1. The number of anilines is 1. The van der Waals surface area contributed by atoms with Gasteiger partial charge in [-0.15, -0.1) is 0 Å². The van der Waals surface area contributed by atoms with Crippen molar-refractivity contribution in [3.8, 4) is 0 Å². The Kier molecular flexibility index (Phi) is 8.88. The zero-order valence-electron chi connectivity index (χ0n) is 21.8. The minimum atomic E-state index is 0.108. The summed E-state index contributed by atoms with van der Waals surface area (Å²) in [5.74, 6) is 0.493. The minimum absolute atomic E-state index is 0.108. The van der Waals surface area contributed by atoms with Crippen molar-refractivity contribution in [2.75, 3.05) is 44.7 Å². The summed E-state index contributed by atoms with van der Waals surface area (Å²) in [6.45, 7) is 14.4. The molecule has 0 radical (unpaired) electrons. The average Bonchev–Trinajstić information content (AvgIpc) is 2.88. The Bertz CT molecular complexity index is 1060. The molecule has 2 aliphatic heterocycles. The second-order valence-corrected chi connectivity index (χ2v) is 10.2. The number of piperidine rings is 1. The Hall–Kier alpha value is -2.61. The summed E-state index contributed by atoms with van der Waals surface area (Å²) in [5.41, 5.74) is 9.75. The van der Waals surface area contributed by atoms with E-state index in [0.717, 1.165) is 56.4 Å². The van der Waals surface area contributed by atoms with Gasteiger partial charge in [-0.3, -0.25) is 14.8 Å². The smallest absolute Gasteiger partial charge is 0.242 e. The maximum absolute atomic E-state index is 6.04. The van der Waals surface area contributed by atoms with Crippen molar-refractivity contribution in [2.45, 2.75) is 51.7 Å². The second kappa shape index (κ2) is 12.1. The number of hydrogen-bond acceptors (Lipinski definition) is 7. The highest BCUT2D eigenvalue weighted by Crippen LogP contribution is 2.28. The predicted octanol–water partition coefficient (Wildman–Crippen LogP) is 4.43. The molecule has 0 aliphatic carbocycles. The molecule has 0 amide bonds. The van der Waals surface area contributed by atoms with Gasteiger partial charge in [0.2, 0.25) is 5.90 Å². The highest BCUT2D eigenvalue weighted by Gasteiger charge is 2.33. The Balaban J connectivity index is 1.35. The van der Waals surface area contributed by atoms with E-state index in [1.807, 2.05) is 25.1 Å². The standard InChI is InChI=1S/C28H39ClN6O/c1-5-24-19-34(27-11-10-26(32-20(27)2)28(31-4)36-21(3)30)16-17-35(24)25-12-14-33(15-13-25)18-22-6-8-23(29)9-7-22/h6-11,24-25H,3,5,12-19,30H2,1-2,4H3/b31-28-/t24-/m0/s1. The summed E-state index contributed by atoms with van der Waals surface area (Å²) in [7, 11) is 1.66. The number of nitrogens with two attached hydrogens (primary N) is 1. The molecule has 4 rings (SSSR count). The van der Waals surface area contributed by atoms with Gasteiger partial charge in [-0.2, -0.15) is 0 Å². The van der Waals surface area contributed by atoms with Crippen LogP contribution in [0.15, 0.2) is 53.9 Å². The maximum Gasteiger partial charge on any atom is 0.242 e. The van der Waals surface area contributed by atoms with Gasteiger partial charge in [-0.1, -0.05) is 30.7 Å². The lowest BCUT2D eigenvalue weighted by atomic mass is 9.97. The first-order chi connectivity index (χ1) is 17.4. The molecule has 0 bridgehead atoms. The number of aryl methyl sites for hydroxylation is 1. The molecule has 0 spiro atoms. The van der Waals surface area contributed by atoms with E-state index < -0.39 is 0 Å². The van der Waals surface area contributed by atoms with Crippen molar-refractivity contribution in [1.29, 1.82) is 0 Å². The third-order valence-corrected chi connectivity index (χ3v) is 7.65.